The van der Waals surface area contributed by atoms with Crippen LogP contribution in [0, 0.1) is 22.7 Å². The summed E-state index contributed by atoms with van der Waals surface area (Å²) in [7, 11) is 1.59. The van der Waals surface area contributed by atoms with E-state index >= 15 is 0 Å². The molecule has 0 amide bonds. The first kappa shape index (κ1) is 15.7. The standard InChI is InChI=1S/C21H26O4/c1-19-8-6-16-14(7-10-25-16)15(19)5-9-20-11-13(3-4-17(19)20)21(12-20,24-2)18(22)23/h6-8,10,13,15,17H,3-5,9,11-12H2,1-2H3,(H,22,23)/t13?,15-,17+,19-,20+,21?/m1/s1. The number of hydrogen-bond donors (Lipinski definition) is 1. The van der Waals surface area contributed by atoms with Crippen molar-refractivity contribution in [3.8, 4) is 0 Å². The monoisotopic (exact) mass is 342 g/mol. The molecular weight excluding hydrogens is 316 g/mol. The molecule has 1 aromatic rings. The van der Waals surface area contributed by atoms with Gasteiger partial charge in [-0.15, -0.1) is 0 Å². The van der Waals surface area contributed by atoms with E-state index in [0.29, 0.717) is 18.3 Å². The maximum absolute atomic E-state index is 12.1. The number of ether oxygens (including phenoxy) is 1. The smallest absolute Gasteiger partial charge is 0.336 e. The molecule has 6 atom stereocenters. The lowest BCUT2D eigenvalue weighted by atomic mass is 9.46. The van der Waals surface area contributed by atoms with E-state index in [1.54, 1.807) is 13.4 Å². The number of carbonyl (C=O) groups is 1. The zero-order valence-corrected chi connectivity index (χ0v) is 15.0. The van der Waals surface area contributed by atoms with Crippen LogP contribution in [0.4, 0.5) is 0 Å². The number of aliphatic carboxylic acids is 1. The number of hydrogen-bond acceptors (Lipinski definition) is 3. The Morgan fingerprint density at radius 1 is 1.36 bits per heavy atom. The van der Waals surface area contributed by atoms with Crippen molar-refractivity contribution in [3.63, 3.8) is 0 Å². The van der Waals surface area contributed by atoms with Crippen molar-refractivity contribution in [2.45, 2.75) is 57.0 Å². The predicted molar refractivity (Wildman–Crippen MR) is 93.1 cm³/mol. The minimum atomic E-state index is -0.975. The molecule has 0 aliphatic heterocycles. The van der Waals surface area contributed by atoms with Crippen LogP contribution in [0.2, 0.25) is 0 Å². The van der Waals surface area contributed by atoms with Crippen LogP contribution in [0.1, 0.15) is 62.7 Å². The van der Waals surface area contributed by atoms with Gasteiger partial charge in [0, 0.05) is 12.7 Å². The Morgan fingerprint density at radius 2 is 2.20 bits per heavy atom. The van der Waals surface area contributed by atoms with Crippen molar-refractivity contribution in [1.82, 2.24) is 0 Å². The molecule has 2 unspecified atom stereocenters. The molecule has 1 heterocycles. The van der Waals surface area contributed by atoms with Gasteiger partial charge in [0.15, 0.2) is 5.60 Å². The van der Waals surface area contributed by atoms with Gasteiger partial charge in [0.05, 0.1) is 6.26 Å². The van der Waals surface area contributed by atoms with E-state index in [4.69, 9.17) is 9.15 Å². The summed E-state index contributed by atoms with van der Waals surface area (Å²) in [6.07, 6.45) is 12.3. The lowest BCUT2D eigenvalue weighted by molar-refractivity contribution is -0.167. The minimum Gasteiger partial charge on any atom is -0.479 e. The maximum Gasteiger partial charge on any atom is 0.336 e. The van der Waals surface area contributed by atoms with Crippen molar-refractivity contribution >= 4 is 12.0 Å². The Balaban J connectivity index is 1.58. The molecule has 25 heavy (non-hydrogen) atoms. The highest BCUT2D eigenvalue weighted by Gasteiger charge is 2.68. The van der Waals surface area contributed by atoms with Crippen LogP contribution < -0.4 is 0 Å². The summed E-state index contributed by atoms with van der Waals surface area (Å²) in [4.78, 5) is 12.1. The molecule has 1 aromatic heterocycles. The fourth-order valence-corrected chi connectivity index (χ4v) is 7.30. The quantitative estimate of drug-likeness (QED) is 0.861. The van der Waals surface area contributed by atoms with Crippen molar-refractivity contribution in [1.29, 1.82) is 0 Å². The van der Waals surface area contributed by atoms with E-state index in [1.807, 2.05) is 0 Å². The third-order valence-corrected chi connectivity index (χ3v) is 8.33. The molecule has 1 N–H and O–H groups in total. The Hall–Kier alpha value is -1.55. The van der Waals surface area contributed by atoms with Crippen LogP contribution in [0.25, 0.3) is 6.08 Å². The molecule has 3 fully saturated rings. The summed E-state index contributed by atoms with van der Waals surface area (Å²) >= 11 is 0. The SMILES string of the molecule is COC1(C(=O)O)C[C@@]23CC[C@@H]4c5ccoc5C=C[C@@]4(C)[C@@H]2CCC1C3. The van der Waals surface area contributed by atoms with Gasteiger partial charge in [0.1, 0.15) is 5.76 Å². The maximum atomic E-state index is 12.1. The molecule has 5 rings (SSSR count). The van der Waals surface area contributed by atoms with Crippen molar-refractivity contribution in [2.24, 2.45) is 22.7 Å². The van der Waals surface area contributed by atoms with Crippen molar-refractivity contribution < 1.29 is 19.1 Å². The van der Waals surface area contributed by atoms with E-state index in [9.17, 15) is 9.90 Å². The van der Waals surface area contributed by atoms with E-state index in [0.717, 1.165) is 37.9 Å². The average molecular weight is 342 g/mol. The predicted octanol–water partition coefficient (Wildman–Crippen LogP) is 4.47. The van der Waals surface area contributed by atoms with Gasteiger partial charge in [-0.05, 0) is 79.3 Å². The first-order chi connectivity index (χ1) is 12.0. The molecular formula is C21H26O4. The number of fused-ring (bicyclic) bond motifs is 5. The Kier molecular flexibility index (Phi) is 3.00. The summed E-state index contributed by atoms with van der Waals surface area (Å²) in [5.74, 6) is 1.41. The highest BCUT2D eigenvalue weighted by Crippen LogP contribution is 2.71. The lowest BCUT2D eigenvalue weighted by Crippen LogP contribution is -2.49. The normalized spacial score (nSPS) is 47.0. The highest BCUT2D eigenvalue weighted by molar-refractivity contribution is 5.79. The summed E-state index contributed by atoms with van der Waals surface area (Å²) in [6.45, 7) is 2.39. The second-order valence-corrected chi connectivity index (χ2v) is 9.00. The number of furan rings is 1. The number of methoxy groups -OCH3 is 1. The molecule has 4 heteroatoms. The topological polar surface area (TPSA) is 59.7 Å². The third kappa shape index (κ3) is 1.74. The molecule has 0 saturated heterocycles. The second-order valence-electron chi connectivity index (χ2n) is 9.00. The van der Waals surface area contributed by atoms with E-state index in [2.05, 4.69) is 25.1 Å². The molecule has 134 valence electrons. The number of rotatable bonds is 2. The van der Waals surface area contributed by atoms with Gasteiger partial charge in [-0.25, -0.2) is 4.79 Å². The van der Waals surface area contributed by atoms with E-state index < -0.39 is 11.6 Å². The van der Waals surface area contributed by atoms with Crippen molar-refractivity contribution in [2.75, 3.05) is 7.11 Å². The molecule has 1 spiro atoms. The van der Waals surface area contributed by atoms with Crippen molar-refractivity contribution in [3.05, 3.63) is 29.7 Å². The van der Waals surface area contributed by atoms with Gasteiger partial charge in [-0.3, -0.25) is 0 Å². The Labute approximate surface area is 148 Å². The summed E-state index contributed by atoms with van der Waals surface area (Å²) in [5.41, 5.74) is 0.560. The first-order valence-electron chi connectivity index (χ1n) is 9.50. The van der Waals surface area contributed by atoms with Gasteiger partial charge in [0.25, 0.3) is 0 Å². The van der Waals surface area contributed by atoms with Crippen LogP contribution in [-0.4, -0.2) is 23.8 Å². The van der Waals surface area contributed by atoms with Crippen LogP contribution in [0.15, 0.2) is 22.8 Å². The summed E-state index contributed by atoms with van der Waals surface area (Å²) in [6, 6.07) is 2.14. The molecule has 3 saturated carbocycles. The van der Waals surface area contributed by atoms with Gasteiger partial charge in [-0.2, -0.15) is 0 Å². The van der Waals surface area contributed by atoms with Crippen LogP contribution in [-0.2, 0) is 9.53 Å². The van der Waals surface area contributed by atoms with Crippen LogP contribution in [0.3, 0.4) is 0 Å². The second kappa shape index (κ2) is 4.79. The van der Waals surface area contributed by atoms with Gasteiger partial charge >= 0.3 is 5.97 Å². The number of carboxylic acid groups (broad SMARTS) is 1. The fraction of sp³-hybridized carbons (Fsp3) is 0.667. The zero-order valence-electron chi connectivity index (χ0n) is 15.0. The van der Waals surface area contributed by atoms with Gasteiger partial charge < -0.3 is 14.3 Å². The molecule has 4 aliphatic carbocycles. The summed E-state index contributed by atoms with van der Waals surface area (Å²) < 4.78 is 11.3. The third-order valence-electron chi connectivity index (χ3n) is 8.33. The first-order valence-corrected chi connectivity index (χ1v) is 9.50. The minimum absolute atomic E-state index is 0.0857. The van der Waals surface area contributed by atoms with E-state index in [-0.39, 0.29) is 16.7 Å². The number of allylic oxidation sites excluding steroid dienone is 1. The number of carboxylic acids is 1. The lowest BCUT2D eigenvalue weighted by Gasteiger charge is -2.57. The Morgan fingerprint density at radius 3 is 2.96 bits per heavy atom. The molecule has 4 nitrogen and oxygen atoms in total. The Bertz CT molecular complexity index is 764. The molecule has 0 aromatic carbocycles. The van der Waals surface area contributed by atoms with Gasteiger partial charge in [-0.1, -0.05) is 13.0 Å². The zero-order chi connectivity index (χ0) is 17.4. The van der Waals surface area contributed by atoms with Crippen LogP contribution >= 0.6 is 0 Å². The fourth-order valence-electron chi connectivity index (χ4n) is 7.30. The molecule has 4 aliphatic rings. The van der Waals surface area contributed by atoms with Crippen LogP contribution in [0.5, 0.6) is 0 Å². The molecule has 0 radical (unpaired) electrons. The largest absolute Gasteiger partial charge is 0.479 e. The molecule has 2 bridgehead atoms. The average Bonchev–Trinajstić information content (AvgIpc) is 3.15. The van der Waals surface area contributed by atoms with Gasteiger partial charge in [0.2, 0.25) is 0 Å². The van der Waals surface area contributed by atoms with E-state index in [1.165, 1.54) is 5.56 Å². The summed E-state index contributed by atoms with van der Waals surface area (Å²) in [5, 5.41) is 9.95. The highest BCUT2D eigenvalue weighted by atomic mass is 16.5.